The van der Waals surface area contributed by atoms with Gasteiger partial charge in [-0.2, -0.15) is 0 Å². The first-order chi connectivity index (χ1) is 6.47. The maximum atomic E-state index is 9.23. The molecule has 1 nitrogen and oxygen atoms in total. The van der Waals surface area contributed by atoms with Crippen LogP contribution in [0.1, 0.15) is 44.7 Å². The molecule has 1 heteroatoms. The third-order valence-corrected chi connectivity index (χ3v) is 2.75. The molecule has 0 atom stereocenters. The first-order valence-corrected chi connectivity index (χ1v) is 5.18. The van der Waals surface area contributed by atoms with Crippen LogP contribution in [-0.4, -0.2) is 11.7 Å². The molecule has 0 saturated heterocycles. The molecule has 0 heterocycles. The zero-order chi connectivity index (χ0) is 10.8. The summed E-state index contributed by atoms with van der Waals surface area (Å²) in [7, 11) is 0. The van der Waals surface area contributed by atoms with Gasteiger partial charge in [0.15, 0.2) is 0 Å². The van der Waals surface area contributed by atoms with Gasteiger partial charge >= 0.3 is 0 Å². The van der Waals surface area contributed by atoms with Gasteiger partial charge in [-0.25, -0.2) is 0 Å². The Morgan fingerprint density at radius 1 is 1.14 bits per heavy atom. The number of benzene rings is 1. The molecule has 0 radical (unpaired) electrons. The van der Waals surface area contributed by atoms with Crippen molar-refractivity contribution in [2.75, 3.05) is 6.61 Å². The van der Waals surface area contributed by atoms with Crippen molar-refractivity contribution < 1.29 is 5.11 Å². The molecule has 0 aliphatic heterocycles. The van der Waals surface area contributed by atoms with Crippen molar-refractivity contribution in [2.45, 2.75) is 39.0 Å². The molecular formula is C13H20O. The van der Waals surface area contributed by atoms with Gasteiger partial charge in [-0.05, 0) is 17.0 Å². The van der Waals surface area contributed by atoms with Crippen molar-refractivity contribution in [3.05, 3.63) is 35.4 Å². The number of hydrogen-bond donors (Lipinski definition) is 1. The first kappa shape index (κ1) is 11.3. The summed E-state index contributed by atoms with van der Waals surface area (Å²) in [5, 5.41) is 9.23. The van der Waals surface area contributed by atoms with Crippen molar-refractivity contribution in [3.8, 4) is 0 Å². The molecule has 0 spiro atoms. The second-order valence-electron chi connectivity index (χ2n) is 4.82. The van der Waals surface area contributed by atoms with Gasteiger partial charge in [0.25, 0.3) is 0 Å². The predicted octanol–water partition coefficient (Wildman–Crippen LogP) is 3.08. The van der Waals surface area contributed by atoms with Crippen molar-refractivity contribution in [1.82, 2.24) is 0 Å². The Morgan fingerprint density at radius 2 is 1.64 bits per heavy atom. The fraction of sp³-hybridized carbons (Fsp3) is 0.538. The minimum absolute atomic E-state index is 0.129. The second kappa shape index (κ2) is 4.14. The molecular weight excluding hydrogens is 172 g/mol. The van der Waals surface area contributed by atoms with E-state index >= 15 is 0 Å². The van der Waals surface area contributed by atoms with E-state index in [0.29, 0.717) is 5.92 Å². The maximum Gasteiger partial charge on any atom is 0.0522 e. The van der Waals surface area contributed by atoms with E-state index in [9.17, 15) is 5.11 Å². The lowest BCUT2D eigenvalue weighted by Crippen LogP contribution is -2.21. The molecule has 14 heavy (non-hydrogen) atoms. The minimum atomic E-state index is -0.129. The van der Waals surface area contributed by atoms with Crippen molar-refractivity contribution >= 4 is 0 Å². The van der Waals surface area contributed by atoms with E-state index in [1.54, 1.807) is 0 Å². The number of aliphatic hydroxyl groups is 1. The summed E-state index contributed by atoms with van der Waals surface area (Å²) < 4.78 is 0. The molecule has 1 N–H and O–H groups in total. The Hall–Kier alpha value is -0.820. The molecule has 0 aliphatic rings. The Bertz CT molecular complexity index is 283. The summed E-state index contributed by atoms with van der Waals surface area (Å²) in [6.45, 7) is 8.67. The van der Waals surface area contributed by atoms with Crippen LogP contribution in [0.25, 0.3) is 0 Å². The van der Waals surface area contributed by atoms with Crippen LogP contribution in [0, 0.1) is 0 Å². The Balaban J connectivity index is 2.94. The summed E-state index contributed by atoms with van der Waals surface area (Å²) in [5.41, 5.74) is 2.42. The van der Waals surface area contributed by atoms with Crippen molar-refractivity contribution in [3.63, 3.8) is 0 Å². The number of aliphatic hydroxyl groups excluding tert-OH is 1. The average molecular weight is 192 g/mol. The molecule has 1 aromatic carbocycles. The smallest absolute Gasteiger partial charge is 0.0522 e. The molecule has 0 unspecified atom stereocenters. The Labute approximate surface area is 86.8 Å². The highest BCUT2D eigenvalue weighted by atomic mass is 16.3. The Morgan fingerprint density at radius 3 is 2.00 bits per heavy atom. The molecule has 78 valence electrons. The highest BCUT2D eigenvalue weighted by molar-refractivity contribution is 5.29. The van der Waals surface area contributed by atoms with Gasteiger partial charge in [-0.1, -0.05) is 52.0 Å². The molecule has 0 amide bonds. The minimum Gasteiger partial charge on any atom is -0.395 e. The lowest BCUT2D eigenvalue weighted by atomic mass is 9.84. The lowest BCUT2D eigenvalue weighted by Gasteiger charge is -2.22. The van der Waals surface area contributed by atoms with Crippen LogP contribution in [0.2, 0.25) is 0 Å². The topological polar surface area (TPSA) is 20.2 Å². The van der Waals surface area contributed by atoms with Crippen LogP contribution in [0.4, 0.5) is 0 Å². The quantitative estimate of drug-likeness (QED) is 0.780. The fourth-order valence-corrected chi connectivity index (χ4v) is 1.41. The molecule has 1 rings (SSSR count). The van der Waals surface area contributed by atoms with E-state index in [-0.39, 0.29) is 12.0 Å². The van der Waals surface area contributed by atoms with Crippen LogP contribution < -0.4 is 0 Å². The third-order valence-electron chi connectivity index (χ3n) is 2.75. The van der Waals surface area contributed by atoms with E-state index in [1.807, 2.05) is 0 Å². The van der Waals surface area contributed by atoms with Gasteiger partial charge < -0.3 is 5.11 Å². The first-order valence-electron chi connectivity index (χ1n) is 5.18. The van der Waals surface area contributed by atoms with E-state index in [1.165, 1.54) is 11.1 Å². The molecule has 0 aromatic heterocycles. The van der Waals surface area contributed by atoms with E-state index in [4.69, 9.17) is 0 Å². The normalized spacial score (nSPS) is 12.1. The summed E-state index contributed by atoms with van der Waals surface area (Å²) in [4.78, 5) is 0. The van der Waals surface area contributed by atoms with Gasteiger partial charge in [-0.3, -0.25) is 0 Å². The fourth-order valence-electron chi connectivity index (χ4n) is 1.41. The van der Waals surface area contributed by atoms with Gasteiger partial charge in [0.05, 0.1) is 6.61 Å². The summed E-state index contributed by atoms with van der Waals surface area (Å²) >= 11 is 0. The van der Waals surface area contributed by atoms with Crippen LogP contribution in [0.5, 0.6) is 0 Å². The molecule has 0 saturated carbocycles. The predicted molar refractivity (Wildman–Crippen MR) is 60.6 cm³/mol. The molecule has 1 aromatic rings. The number of hydrogen-bond acceptors (Lipinski definition) is 1. The zero-order valence-corrected chi connectivity index (χ0v) is 9.54. The van der Waals surface area contributed by atoms with Crippen LogP contribution in [0.3, 0.4) is 0 Å². The van der Waals surface area contributed by atoms with Crippen molar-refractivity contribution in [1.29, 1.82) is 0 Å². The second-order valence-corrected chi connectivity index (χ2v) is 4.82. The SMILES string of the molecule is CC(C)c1ccc(C(C)(C)CO)cc1. The largest absolute Gasteiger partial charge is 0.395 e. The maximum absolute atomic E-state index is 9.23. The summed E-state index contributed by atoms with van der Waals surface area (Å²) in [6.07, 6.45) is 0. The average Bonchev–Trinajstić information content (AvgIpc) is 2.18. The monoisotopic (exact) mass is 192 g/mol. The zero-order valence-electron chi connectivity index (χ0n) is 9.54. The lowest BCUT2D eigenvalue weighted by molar-refractivity contribution is 0.218. The van der Waals surface area contributed by atoms with Crippen molar-refractivity contribution in [2.24, 2.45) is 0 Å². The van der Waals surface area contributed by atoms with E-state index < -0.39 is 0 Å². The van der Waals surface area contributed by atoms with Gasteiger partial charge in [0.1, 0.15) is 0 Å². The van der Waals surface area contributed by atoms with Gasteiger partial charge in [0.2, 0.25) is 0 Å². The van der Waals surface area contributed by atoms with Crippen LogP contribution >= 0.6 is 0 Å². The van der Waals surface area contributed by atoms with Crippen LogP contribution in [0.15, 0.2) is 24.3 Å². The van der Waals surface area contributed by atoms with Gasteiger partial charge in [-0.15, -0.1) is 0 Å². The van der Waals surface area contributed by atoms with E-state index in [0.717, 1.165) is 0 Å². The number of rotatable bonds is 3. The highest BCUT2D eigenvalue weighted by Crippen LogP contribution is 2.24. The van der Waals surface area contributed by atoms with Crippen LogP contribution in [-0.2, 0) is 5.41 Å². The summed E-state index contributed by atoms with van der Waals surface area (Å²) in [6, 6.07) is 8.53. The Kier molecular flexibility index (Phi) is 3.33. The summed E-state index contributed by atoms with van der Waals surface area (Å²) in [5.74, 6) is 0.571. The third kappa shape index (κ3) is 2.36. The molecule has 0 bridgehead atoms. The highest BCUT2D eigenvalue weighted by Gasteiger charge is 2.18. The standard InChI is InChI=1S/C13H20O/c1-10(2)11-5-7-12(8-6-11)13(3,4)9-14/h5-8,10,14H,9H2,1-4H3. The van der Waals surface area contributed by atoms with E-state index in [2.05, 4.69) is 52.0 Å². The van der Waals surface area contributed by atoms with Gasteiger partial charge in [0, 0.05) is 5.41 Å². The molecule has 0 aliphatic carbocycles. The molecule has 0 fully saturated rings.